The second-order valence-electron chi connectivity index (χ2n) is 2.41. The topological polar surface area (TPSA) is 58.7 Å². The molecule has 1 heterocycles. The second kappa shape index (κ2) is 3.49. The molecule has 0 aliphatic heterocycles. The van der Waals surface area contributed by atoms with Crippen molar-refractivity contribution in [1.82, 2.24) is 9.78 Å². The zero-order chi connectivity index (χ0) is 10.8. The second-order valence-corrected chi connectivity index (χ2v) is 2.41. The van der Waals surface area contributed by atoms with Gasteiger partial charge < -0.3 is 0 Å². The molecule has 0 aliphatic rings. The highest BCUT2D eigenvalue weighted by Crippen LogP contribution is 2.20. The van der Waals surface area contributed by atoms with E-state index in [9.17, 15) is 18.0 Å². The lowest BCUT2D eigenvalue weighted by atomic mass is 10.2. The summed E-state index contributed by atoms with van der Waals surface area (Å²) in [5.74, 6) is -1.96. The van der Waals surface area contributed by atoms with Gasteiger partial charge in [0.1, 0.15) is 6.54 Å². The lowest BCUT2D eigenvalue weighted by Crippen LogP contribution is -2.22. The first kappa shape index (κ1) is 10.2. The molecule has 0 fully saturated rings. The molecule has 7 heteroatoms. The molecule has 4 nitrogen and oxygen atoms in total. The number of hydrogen-bond donors (Lipinski definition) is 0. The molecule has 0 radical (unpaired) electrons. The fourth-order valence-electron chi connectivity index (χ4n) is 0.803. The lowest BCUT2D eigenvalue weighted by molar-refractivity contribution is -0.0885. The van der Waals surface area contributed by atoms with Crippen LogP contribution in [0.1, 0.15) is 10.4 Å². The van der Waals surface area contributed by atoms with Crippen molar-refractivity contribution in [2.75, 3.05) is 0 Å². The molecule has 14 heavy (non-hydrogen) atoms. The molecule has 0 amide bonds. The van der Waals surface area contributed by atoms with Crippen LogP contribution in [-0.4, -0.2) is 21.7 Å². The Hall–Kier alpha value is -1.84. The van der Waals surface area contributed by atoms with Gasteiger partial charge in [-0.3, -0.25) is 9.48 Å². The zero-order valence-corrected chi connectivity index (χ0v) is 6.75. The number of aromatic nitrogens is 2. The number of rotatable bonds is 2. The molecule has 1 rings (SSSR count). The molecule has 0 aliphatic carbocycles. The van der Waals surface area contributed by atoms with Crippen LogP contribution in [0, 0.1) is 11.3 Å². The lowest BCUT2D eigenvalue weighted by Gasteiger charge is -2.00. The Kier molecular flexibility index (Phi) is 2.56. The largest absolute Gasteiger partial charge is 0.454 e. The molecule has 0 aromatic carbocycles. The van der Waals surface area contributed by atoms with Gasteiger partial charge in [0.25, 0.3) is 5.78 Å². The summed E-state index contributed by atoms with van der Waals surface area (Å²) in [5.41, 5.74) is -0.562. The van der Waals surface area contributed by atoms with Gasteiger partial charge >= 0.3 is 6.18 Å². The van der Waals surface area contributed by atoms with Crippen LogP contribution in [0.4, 0.5) is 13.2 Å². The zero-order valence-electron chi connectivity index (χ0n) is 6.75. The van der Waals surface area contributed by atoms with Gasteiger partial charge in [-0.05, 0) is 0 Å². The van der Waals surface area contributed by atoms with Crippen LogP contribution in [0.25, 0.3) is 0 Å². The summed E-state index contributed by atoms with van der Waals surface area (Å²) in [5, 5.41) is 11.6. The summed E-state index contributed by atoms with van der Waals surface area (Å²) >= 11 is 0. The van der Waals surface area contributed by atoms with E-state index in [2.05, 4.69) is 5.10 Å². The van der Waals surface area contributed by atoms with E-state index in [1.54, 1.807) is 6.07 Å². The van der Waals surface area contributed by atoms with E-state index < -0.39 is 17.5 Å². The number of Topliss-reactive ketones (excluding diaryl/α,β-unsaturated/α-hetero) is 1. The summed E-state index contributed by atoms with van der Waals surface area (Å²) in [4.78, 5) is 10.6. The van der Waals surface area contributed by atoms with Crippen molar-refractivity contribution < 1.29 is 18.0 Å². The van der Waals surface area contributed by atoms with Crippen LogP contribution in [0.15, 0.2) is 12.4 Å². The Morgan fingerprint density at radius 1 is 1.64 bits per heavy atom. The van der Waals surface area contributed by atoms with Crippen molar-refractivity contribution in [3.05, 3.63) is 18.0 Å². The highest BCUT2D eigenvalue weighted by atomic mass is 19.4. The molecule has 0 bridgehead atoms. The van der Waals surface area contributed by atoms with E-state index >= 15 is 0 Å². The molecule has 1 aromatic heterocycles. The Bertz CT molecular complexity index is 388. The first-order valence-electron chi connectivity index (χ1n) is 3.46. The number of nitriles is 1. The van der Waals surface area contributed by atoms with Crippen molar-refractivity contribution >= 4 is 5.78 Å². The third kappa shape index (κ3) is 2.10. The third-order valence-electron chi connectivity index (χ3n) is 1.39. The van der Waals surface area contributed by atoms with Crippen LogP contribution in [0.2, 0.25) is 0 Å². The average molecular weight is 203 g/mol. The Labute approximate surface area is 76.5 Å². The predicted octanol–water partition coefficient (Wildman–Crippen LogP) is 1.15. The maximum absolute atomic E-state index is 11.9. The molecular weight excluding hydrogens is 199 g/mol. The standard InChI is InChI=1S/C7H4F3N3O/c8-7(9,10)6(14)5-3-12-13(4-5)2-1-11/h3-4H,2H2. The Morgan fingerprint density at radius 3 is 2.79 bits per heavy atom. The number of hydrogen-bond acceptors (Lipinski definition) is 3. The average Bonchev–Trinajstić information content (AvgIpc) is 2.50. The van der Waals surface area contributed by atoms with E-state index in [1.807, 2.05) is 0 Å². The van der Waals surface area contributed by atoms with Crippen LogP contribution in [-0.2, 0) is 6.54 Å². The van der Waals surface area contributed by atoms with Gasteiger partial charge in [0.15, 0.2) is 0 Å². The van der Waals surface area contributed by atoms with E-state index in [1.165, 1.54) is 0 Å². The molecule has 0 saturated heterocycles. The normalized spacial score (nSPS) is 11.0. The summed E-state index contributed by atoms with van der Waals surface area (Å²) in [6.07, 6.45) is -3.23. The fraction of sp³-hybridized carbons (Fsp3) is 0.286. The first-order chi connectivity index (χ1) is 6.45. The van der Waals surface area contributed by atoms with Gasteiger partial charge in [0.05, 0.1) is 17.8 Å². The van der Waals surface area contributed by atoms with Crippen molar-refractivity contribution in [2.24, 2.45) is 0 Å². The van der Waals surface area contributed by atoms with Gasteiger partial charge in [0.2, 0.25) is 0 Å². The summed E-state index contributed by atoms with van der Waals surface area (Å²) < 4.78 is 36.6. The summed E-state index contributed by atoms with van der Waals surface area (Å²) in [6, 6.07) is 1.68. The van der Waals surface area contributed by atoms with E-state index in [-0.39, 0.29) is 6.54 Å². The SMILES string of the molecule is N#CCn1cc(C(=O)C(F)(F)F)cn1. The summed E-state index contributed by atoms with van der Waals surface area (Å²) in [6.45, 7) is -0.189. The Balaban J connectivity index is 2.88. The molecule has 74 valence electrons. The highest BCUT2D eigenvalue weighted by Gasteiger charge is 2.39. The number of carbonyl (C=O) groups excluding carboxylic acids is 1. The van der Waals surface area contributed by atoms with Gasteiger partial charge in [-0.25, -0.2) is 0 Å². The van der Waals surface area contributed by atoms with Crippen LogP contribution in [0.3, 0.4) is 0 Å². The highest BCUT2D eigenvalue weighted by molar-refractivity contribution is 5.99. The monoisotopic (exact) mass is 203 g/mol. The molecule has 0 spiro atoms. The summed E-state index contributed by atoms with van der Waals surface area (Å²) in [7, 11) is 0. The smallest absolute Gasteiger partial charge is 0.284 e. The third-order valence-corrected chi connectivity index (χ3v) is 1.39. The molecule has 0 unspecified atom stereocenters. The Morgan fingerprint density at radius 2 is 2.29 bits per heavy atom. The minimum Gasteiger partial charge on any atom is -0.284 e. The van der Waals surface area contributed by atoms with E-state index in [0.29, 0.717) is 0 Å². The maximum Gasteiger partial charge on any atom is 0.454 e. The van der Waals surface area contributed by atoms with E-state index in [0.717, 1.165) is 17.1 Å². The van der Waals surface area contributed by atoms with Crippen molar-refractivity contribution in [3.8, 4) is 6.07 Å². The van der Waals surface area contributed by atoms with Crippen LogP contribution < -0.4 is 0 Å². The quantitative estimate of drug-likeness (QED) is 0.677. The minimum absolute atomic E-state index is 0.189. The molecule has 0 N–H and O–H groups in total. The first-order valence-corrected chi connectivity index (χ1v) is 3.46. The van der Waals surface area contributed by atoms with Gasteiger partial charge in [-0.1, -0.05) is 0 Å². The van der Waals surface area contributed by atoms with Crippen LogP contribution in [0.5, 0.6) is 0 Å². The number of nitrogens with zero attached hydrogens (tertiary/aromatic N) is 3. The van der Waals surface area contributed by atoms with Gasteiger partial charge in [-0.15, -0.1) is 0 Å². The van der Waals surface area contributed by atoms with Gasteiger partial charge in [0, 0.05) is 6.20 Å². The number of ketones is 1. The molecule has 1 aromatic rings. The predicted molar refractivity (Wildman–Crippen MR) is 38.2 cm³/mol. The maximum atomic E-state index is 11.9. The molecule has 0 atom stereocenters. The minimum atomic E-state index is -4.90. The van der Waals surface area contributed by atoms with Crippen molar-refractivity contribution in [1.29, 1.82) is 5.26 Å². The van der Waals surface area contributed by atoms with E-state index in [4.69, 9.17) is 5.26 Å². The number of halogens is 3. The van der Waals surface area contributed by atoms with Crippen molar-refractivity contribution in [2.45, 2.75) is 12.7 Å². The van der Waals surface area contributed by atoms with Crippen molar-refractivity contribution in [3.63, 3.8) is 0 Å². The number of carbonyl (C=O) groups is 1. The van der Waals surface area contributed by atoms with Crippen LogP contribution >= 0.6 is 0 Å². The fourth-order valence-corrected chi connectivity index (χ4v) is 0.803. The molecule has 0 saturated carbocycles. The van der Waals surface area contributed by atoms with Gasteiger partial charge in [-0.2, -0.15) is 23.5 Å². The molecular formula is C7H4F3N3O. The number of alkyl halides is 3.